The van der Waals surface area contributed by atoms with Crippen molar-refractivity contribution in [1.29, 1.82) is 0 Å². The van der Waals surface area contributed by atoms with Crippen LogP contribution in [0.4, 0.5) is 20.2 Å². The number of rotatable bonds is 6. The van der Waals surface area contributed by atoms with Crippen LogP contribution in [0.15, 0.2) is 47.4 Å². The highest BCUT2D eigenvalue weighted by Crippen LogP contribution is 2.39. The van der Waals surface area contributed by atoms with E-state index in [0.29, 0.717) is 12.1 Å². The fourth-order valence-electron chi connectivity index (χ4n) is 3.23. The molecule has 0 radical (unpaired) electrons. The molecule has 3 rings (SSSR count). The fourth-order valence-corrected chi connectivity index (χ4v) is 5.49. The quantitative estimate of drug-likeness (QED) is 0.735. The maximum Gasteiger partial charge on any atom is 0.355 e. The third-order valence-electron chi connectivity index (χ3n) is 4.74. The molecule has 0 aromatic heterocycles. The zero-order chi connectivity index (χ0) is 21.4. The minimum Gasteiger partial charge on any atom is -0.497 e. The van der Waals surface area contributed by atoms with E-state index >= 15 is 0 Å². The van der Waals surface area contributed by atoms with E-state index in [2.05, 4.69) is 0 Å². The number of anilines is 2. The monoisotopic (exact) mass is 446 g/mol. The van der Waals surface area contributed by atoms with Gasteiger partial charge in [0.05, 0.1) is 18.5 Å². The Balaban J connectivity index is 2.14. The van der Waals surface area contributed by atoms with E-state index in [1.54, 1.807) is 22.9 Å². The van der Waals surface area contributed by atoms with Gasteiger partial charge in [0.1, 0.15) is 10.6 Å². The molecule has 1 aliphatic rings. The van der Waals surface area contributed by atoms with Crippen LogP contribution < -0.4 is 13.8 Å². The topological polar surface area (TPSA) is 92.8 Å². The number of ether oxygens (including phenoxy) is 1. The first-order valence-electron chi connectivity index (χ1n) is 8.67. The zero-order valence-electron chi connectivity index (χ0n) is 15.7. The van der Waals surface area contributed by atoms with Crippen molar-refractivity contribution in [3.63, 3.8) is 0 Å². The van der Waals surface area contributed by atoms with Crippen LogP contribution in [0.25, 0.3) is 0 Å². The number of para-hydroxylation sites is 1. The Hall–Kier alpha value is -2.40. The predicted molar refractivity (Wildman–Crippen MR) is 106 cm³/mol. The van der Waals surface area contributed by atoms with E-state index in [-0.39, 0.29) is 18.2 Å². The molecule has 0 spiro atoms. The molecule has 2 aromatic rings. The average Bonchev–Trinajstić information content (AvgIpc) is 2.67. The molecule has 2 aromatic carbocycles. The van der Waals surface area contributed by atoms with Crippen molar-refractivity contribution in [2.45, 2.75) is 29.9 Å². The predicted octanol–water partition coefficient (Wildman–Crippen LogP) is 3.36. The number of sulfonamides is 2. The SMILES string of the molecule is COc1ccc(S(=O)(=O)N2CC[C@H](C)c3ccccc32)c(NS(=O)(=O)C(F)F)c1. The minimum absolute atomic E-state index is 0.114. The summed E-state index contributed by atoms with van der Waals surface area (Å²) in [6.45, 7) is 2.16. The molecular weight excluding hydrogens is 426 g/mol. The minimum atomic E-state index is -5.08. The van der Waals surface area contributed by atoms with Crippen LogP contribution in [-0.4, -0.2) is 36.2 Å². The molecule has 0 aliphatic carbocycles. The Labute approximate surface area is 168 Å². The Bertz CT molecular complexity index is 1120. The van der Waals surface area contributed by atoms with Crippen molar-refractivity contribution in [2.24, 2.45) is 0 Å². The molecule has 0 unspecified atom stereocenters. The second-order valence-electron chi connectivity index (χ2n) is 6.60. The lowest BCUT2D eigenvalue weighted by Crippen LogP contribution is -2.37. The van der Waals surface area contributed by atoms with Crippen molar-refractivity contribution in [2.75, 3.05) is 22.7 Å². The molecule has 1 atom stereocenters. The second-order valence-corrected chi connectivity index (χ2v) is 10.1. The van der Waals surface area contributed by atoms with Crippen molar-refractivity contribution in [3.05, 3.63) is 48.0 Å². The summed E-state index contributed by atoms with van der Waals surface area (Å²) in [7, 11) is -8.04. The number of nitrogens with zero attached hydrogens (tertiary/aromatic N) is 1. The number of halogens is 2. The number of hydrogen-bond acceptors (Lipinski definition) is 5. The molecule has 1 N–H and O–H groups in total. The van der Waals surface area contributed by atoms with E-state index in [9.17, 15) is 25.6 Å². The molecule has 11 heteroatoms. The number of hydrogen-bond donors (Lipinski definition) is 1. The molecule has 7 nitrogen and oxygen atoms in total. The van der Waals surface area contributed by atoms with Crippen molar-refractivity contribution >= 4 is 31.4 Å². The van der Waals surface area contributed by atoms with Gasteiger partial charge in [0.15, 0.2) is 0 Å². The van der Waals surface area contributed by atoms with Crippen LogP contribution in [-0.2, 0) is 20.0 Å². The summed E-state index contributed by atoms with van der Waals surface area (Å²) in [5, 5.41) is 0. The van der Waals surface area contributed by atoms with Crippen LogP contribution in [0.2, 0.25) is 0 Å². The molecule has 158 valence electrons. The summed E-state index contributed by atoms with van der Waals surface area (Å²) in [6.07, 6.45) is 0.560. The molecular formula is C18H20F2N2O5S2. The number of fused-ring (bicyclic) bond motifs is 1. The smallest absolute Gasteiger partial charge is 0.355 e. The van der Waals surface area contributed by atoms with Crippen molar-refractivity contribution in [3.8, 4) is 5.75 Å². The number of benzene rings is 2. The van der Waals surface area contributed by atoms with Gasteiger partial charge in [0, 0.05) is 12.6 Å². The first-order valence-corrected chi connectivity index (χ1v) is 11.7. The highest BCUT2D eigenvalue weighted by molar-refractivity contribution is 7.94. The highest BCUT2D eigenvalue weighted by atomic mass is 32.2. The van der Waals surface area contributed by atoms with Gasteiger partial charge in [-0.2, -0.15) is 8.78 Å². The van der Waals surface area contributed by atoms with Crippen LogP contribution in [0, 0.1) is 0 Å². The number of nitrogens with one attached hydrogen (secondary N) is 1. The summed E-state index contributed by atoms with van der Waals surface area (Å²) < 4.78 is 83.7. The molecule has 0 saturated heterocycles. The molecule has 1 heterocycles. The van der Waals surface area contributed by atoms with E-state index in [1.165, 1.54) is 17.5 Å². The summed E-state index contributed by atoms with van der Waals surface area (Å²) >= 11 is 0. The summed E-state index contributed by atoms with van der Waals surface area (Å²) in [5.74, 6) is -3.46. The van der Waals surface area contributed by atoms with Gasteiger partial charge in [0.25, 0.3) is 20.0 Å². The van der Waals surface area contributed by atoms with Gasteiger partial charge in [0.2, 0.25) is 0 Å². The van der Waals surface area contributed by atoms with E-state index in [1.807, 2.05) is 13.0 Å². The Morgan fingerprint density at radius 2 is 1.83 bits per heavy atom. The standard InChI is InChI=1S/C18H20F2N2O5S2/c1-12-9-10-22(16-6-4-3-5-14(12)16)29(25,26)17-8-7-13(27-2)11-15(17)21-28(23,24)18(19)20/h3-8,11-12,18,21H,9-10H2,1-2H3/t12-/m0/s1. The second kappa shape index (κ2) is 7.79. The van der Waals surface area contributed by atoms with Gasteiger partial charge in [-0.3, -0.25) is 9.03 Å². The van der Waals surface area contributed by atoms with Crippen molar-refractivity contribution < 1.29 is 30.4 Å². The van der Waals surface area contributed by atoms with Gasteiger partial charge >= 0.3 is 5.76 Å². The van der Waals surface area contributed by atoms with Gasteiger partial charge < -0.3 is 4.74 Å². The van der Waals surface area contributed by atoms with Gasteiger partial charge in [-0.05, 0) is 36.1 Å². The van der Waals surface area contributed by atoms with Crippen LogP contribution in [0.5, 0.6) is 5.75 Å². The lowest BCUT2D eigenvalue weighted by atomic mass is 9.93. The van der Waals surface area contributed by atoms with E-state index < -0.39 is 36.4 Å². The van der Waals surface area contributed by atoms with Gasteiger partial charge in [-0.25, -0.2) is 16.8 Å². The largest absolute Gasteiger partial charge is 0.497 e. The van der Waals surface area contributed by atoms with Crippen LogP contribution >= 0.6 is 0 Å². The average molecular weight is 446 g/mol. The zero-order valence-corrected chi connectivity index (χ0v) is 17.3. The summed E-state index contributed by atoms with van der Waals surface area (Å²) in [4.78, 5) is -0.438. The lowest BCUT2D eigenvalue weighted by Gasteiger charge is -2.34. The summed E-state index contributed by atoms with van der Waals surface area (Å²) in [6, 6.07) is 10.5. The van der Waals surface area contributed by atoms with Crippen LogP contribution in [0.1, 0.15) is 24.8 Å². The van der Waals surface area contributed by atoms with Gasteiger partial charge in [-0.15, -0.1) is 0 Å². The Morgan fingerprint density at radius 3 is 2.48 bits per heavy atom. The molecule has 0 bridgehead atoms. The molecule has 0 amide bonds. The maximum atomic E-state index is 13.4. The van der Waals surface area contributed by atoms with E-state index in [4.69, 9.17) is 4.74 Å². The highest BCUT2D eigenvalue weighted by Gasteiger charge is 2.34. The van der Waals surface area contributed by atoms with E-state index in [0.717, 1.165) is 17.7 Å². The normalized spacial score (nSPS) is 17.1. The maximum absolute atomic E-state index is 13.4. The fraction of sp³-hybridized carbons (Fsp3) is 0.333. The Kier molecular flexibility index (Phi) is 5.72. The molecule has 0 fully saturated rings. The number of alkyl halides is 2. The third-order valence-corrected chi connectivity index (χ3v) is 7.59. The van der Waals surface area contributed by atoms with Crippen molar-refractivity contribution in [1.82, 2.24) is 0 Å². The molecule has 0 saturated carbocycles. The lowest BCUT2D eigenvalue weighted by molar-refractivity contribution is 0.236. The Morgan fingerprint density at radius 1 is 1.14 bits per heavy atom. The third kappa shape index (κ3) is 4.01. The van der Waals surface area contributed by atoms with Crippen LogP contribution in [0.3, 0.4) is 0 Å². The summed E-state index contributed by atoms with van der Waals surface area (Å²) in [5.41, 5.74) is 0.816. The first-order chi connectivity index (χ1) is 13.6. The number of methoxy groups -OCH3 is 1. The first kappa shape index (κ1) is 21.3. The van der Waals surface area contributed by atoms with Gasteiger partial charge in [-0.1, -0.05) is 25.1 Å². The molecule has 1 aliphatic heterocycles. The molecule has 29 heavy (non-hydrogen) atoms.